The standard InChI is InChI=1S/C19H31N3O4S/c1-5-26-17-7-6-16(13-18(17)27(24,25)22(3)4)21-19(23)12-14(2)15-8-10-20-11-9-15/h6-7,13-15,20H,5,8-12H2,1-4H3,(H,21,23). The van der Waals surface area contributed by atoms with Crippen LogP contribution in [0.25, 0.3) is 0 Å². The topological polar surface area (TPSA) is 87.7 Å². The minimum atomic E-state index is -3.68. The third-order valence-electron chi connectivity index (χ3n) is 4.98. The van der Waals surface area contributed by atoms with Crippen molar-refractivity contribution in [2.24, 2.45) is 11.8 Å². The first-order chi connectivity index (χ1) is 12.8. The quantitative estimate of drug-likeness (QED) is 0.703. The van der Waals surface area contributed by atoms with Crippen LogP contribution in [0.5, 0.6) is 5.75 Å². The summed E-state index contributed by atoms with van der Waals surface area (Å²) in [6, 6.07) is 4.73. The molecule has 1 aromatic carbocycles. The molecule has 1 amide bonds. The van der Waals surface area contributed by atoms with Crippen LogP contribution in [0.15, 0.2) is 23.1 Å². The van der Waals surface area contributed by atoms with Crippen molar-refractivity contribution in [3.63, 3.8) is 0 Å². The van der Waals surface area contributed by atoms with Gasteiger partial charge in [-0.1, -0.05) is 6.92 Å². The van der Waals surface area contributed by atoms with Gasteiger partial charge in [0.25, 0.3) is 0 Å². The molecule has 27 heavy (non-hydrogen) atoms. The van der Waals surface area contributed by atoms with E-state index in [1.54, 1.807) is 19.1 Å². The second kappa shape index (κ2) is 9.52. The highest BCUT2D eigenvalue weighted by Crippen LogP contribution is 2.30. The Morgan fingerprint density at radius 3 is 2.59 bits per heavy atom. The molecule has 1 aromatic rings. The fourth-order valence-corrected chi connectivity index (χ4v) is 4.39. The molecule has 0 spiro atoms. The molecule has 1 saturated heterocycles. The number of ether oxygens (including phenoxy) is 1. The molecule has 1 aliphatic heterocycles. The lowest BCUT2D eigenvalue weighted by molar-refractivity contribution is -0.117. The first-order valence-corrected chi connectivity index (χ1v) is 10.9. The molecule has 2 rings (SSSR count). The number of rotatable bonds is 8. The molecule has 0 aromatic heterocycles. The van der Waals surface area contributed by atoms with Crippen molar-refractivity contribution in [3.05, 3.63) is 18.2 Å². The van der Waals surface area contributed by atoms with Crippen LogP contribution in [0.3, 0.4) is 0 Å². The van der Waals surface area contributed by atoms with Gasteiger partial charge in [-0.05, 0) is 62.9 Å². The van der Waals surface area contributed by atoms with E-state index in [0.717, 1.165) is 30.2 Å². The van der Waals surface area contributed by atoms with E-state index in [9.17, 15) is 13.2 Å². The lowest BCUT2D eigenvalue weighted by Gasteiger charge is -2.27. The number of anilines is 1. The van der Waals surface area contributed by atoms with E-state index < -0.39 is 10.0 Å². The summed E-state index contributed by atoms with van der Waals surface area (Å²) in [5.74, 6) is 1.02. The molecule has 0 radical (unpaired) electrons. The van der Waals surface area contributed by atoms with E-state index in [1.165, 1.54) is 20.2 Å². The van der Waals surface area contributed by atoms with E-state index in [2.05, 4.69) is 17.6 Å². The predicted molar refractivity (Wildman–Crippen MR) is 106 cm³/mol. The van der Waals surface area contributed by atoms with Gasteiger partial charge in [-0.15, -0.1) is 0 Å². The van der Waals surface area contributed by atoms with Gasteiger partial charge >= 0.3 is 0 Å². The molecule has 1 aliphatic rings. The number of carbonyl (C=O) groups excluding carboxylic acids is 1. The Hall–Kier alpha value is -1.64. The average Bonchev–Trinajstić information content (AvgIpc) is 2.63. The third-order valence-corrected chi connectivity index (χ3v) is 6.82. The van der Waals surface area contributed by atoms with Gasteiger partial charge in [0.05, 0.1) is 6.61 Å². The predicted octanol–water partition coefficient (Wildman–Crippen LogP) is 2.30. The maximum absolute atomic E-state index is 12.6. The Morgan fingerprint density at radius 2 is 2.00 bits per heavy atom. The summed E-state index contributed by atoms with van der Waals surface area (Å²) in [7, 11) is -0.740. The minimum Gasteiger partial charge on any atom is -0.492 e. The fraction of sp³-hybridized carbons (Fsp3) is 0.632. The normalized spacial score (nSPS) is 16.9. The number of benzene rings is 1. The van der Waals surface area contributed by atoms with Crippen LogP contribution >= 0.6 is 0 Å². The molecular weight excluding hydrogens is 366 g/mol. The summed E-state index contributed by atoms with van der Waals surface area (Å²) in [6.07, 6.45) is 2.60. The van der Waals surface area contributed by atoms with E-state index in [4.69, 9.17) is 4.74 Å². The van der Waals surface area contributed by atoms with E-state index in [0.29, 0.717) is 30.6 Å². The number of carbonyl (C=O) groups is 1. The Balaban J connectivity index is 2.12. The molecule has 152 valence electrons. The highest BCUT2D eigenvalue weighted by molar-refractivity contribution is 7.89. The molecule has 2 N–H and O–H groups in total. The fourth-order valence-electron chi connectivity index (χ4n) is 3.34. The second-order valence-corrected chi connectivity index (χ2v) is 9.32. The van der Waals surface area contributed by atoms with Crippen LogP contribution in [-0.4, -0.2) is 52.4 Å². The molecule has 7 nitrogen and oxygen atoms in total. The summed E-state index contributed by atoms with van der Waals surface area (Å²) in [5, 5.41) is 6.17. The Labute approximate surface area is 162 Å². The molecule has 0 saturated carbocycles. The van der Waals surface area contributed by atoms with Crippen LogP contribution in [0, 0.1) is 11.8 Å². The largest absolute Gasteiger partial charge is 0.492 e. The van der Waals surface area contributed by atoms with Gasteiger partial charge in [0.2, 0.25) is 15.9 Å². The number of sulfonamides is 1. The minimum absolute atomic E-state index is 0.0542. The summed E-state index contributed by atoms with van der Waals surface area (Å²) >= 11 is 0. The van der Waals surface area contributed by atoms with Crippen molar-refractivity contribution < 1.29 is 17.9 Å². The molecule has 1 atom stereocenters. The molecule has 1 fully saturated rings. The molecule has 1 unspecified atom stereocenters. The van der Waals surface area contributed by atoms with E-state index in [-0.39, 0.29) is 16.6 Å². The van der Waals surface area contributed by atoms with Crippen molar-refractivity contribution in [3.8, 4) is 5.75 Å². The van der Waals surface area contributed by atoms with E-state index >= 15 is 0 Å². The number of hydrogen-bond acceptors (Lipinski definition) is 5. The molecular formula is C19H31N3O4S. The molecule has 0 bridgehead atoms. The lowest BCUT2D eigenvalue weighted by Crippen LogP contribution is -2.32. The second-order valence-electron chi connectivity index (χ2n) is 7.20. The summed E-state index contributed by atoms with van der Waals surface area (Å²) in [5.41, 5.74) is 0.460. The van der Waals surface area contributed by atoms with Gasteiger partial charge in [-0.25, -0.2) is 12.7 Å². The lowest BCUT2D eigenvalue weighted by atomic mass is 9.84. The maximum Gasteiger partial charge on any atom is 0.246 e. The van der Waals surface area contributed by atoms with Gasteiger partial charge in [-0.2, -0.15) is 0 Å². The van der Waals surface area contributed by atoms with Crippen LogP contribution in [0.4, 0.5) is 5.69 Å². The van der Waals surface area contributed by atoms with Gasteiger partial charge in [0.15, 0.2) is 0 Å². The number of piperidine rings is 1. The number of amides is 1. The van der Waals surface area contributed by atoms with Crippen molar-refractivity contribution in [2.45, 2.75) is 38.0 Å². The first-order valence-electron chi connectivity index (χ1n) is 9.45. The zero-order valence-electron chi connectivity index (χ0n) is 16.6. The van der Waals surface area contributed by atoms with E-state index in [1.807, 2.05) is 0 Å². The summed E-state index contributed by atoms with van der Waals surface area (Å²) < 4.78 is 31.7. The molecule has 0 aliphatic carbocycles. The van der Waals surface area contributed by atoms with Gasteiger partial charge in [-0.3, -0.25) is 4.79 Å². The first kappa shape index (κ1) is 21.7. The summed E-state index contributed by atoms with van der Waals surface area (Å²) in [4.78, 5) is 12.5. The van der Waals surface area contributed by atoms with Crippen LogP contribution in [0.1, 0.15) is 33.1 Å². The monoisotopic (exact) mass is 397 g/mol. The molecule has 1 heterocycles. The van der Waals surface area contributed by atoms with Crippen LogP contribution in [0.2, 0.25) is 0 Å². The zero-order chi connectivity index (χ0) is 20.0. The van der Waals surface area contributed by atoms with Crippen molar-refractivity contribution in [1.29, 1.82) is 0 Å². The van der Waals surface area contributed by atoms with Crippen molar-refractivity contribution in [1.82, 2.24) is 9.62 Å². The number of nitrogens with zero attached hydrogens (tertiary/aromatic N) is 1. The average molecular weight is 398 g/mol. The number of nitrogens with one attached hydrogen (secondary N) is 2. The Bertz CT molecular complexity index is 743. The van der Waals surface area contributed by atoms with Crippen LogP contribution in [-0.2, 0) is 14.8 Å². The van der Waals surface area contributed by atoms with Gasteiger partial charge < -0.3 is 15.4 Å². The summed E-state index contributed by atoms with van der Waals surface area (Å²) in [6.45, 7) is 6.26. The highest BCUT2D eigenvalue weighted by atomic mass is 32.2. The number of hydrogen-bond donors (Lipinski definition) is 2. The van der Waals surface area contributed by atoms with Gasteiger partial charge in [0.1, 0.15) is 10.6 Å². The maximum atomic E-state index is 12.6. The van der Waals surface area contributed by atoms with Crippen molar-refractivity contribution >= 4 is 21.6 Å². The zero-order valence-corrected chi connectivity index (χ0v) is 17.4. The Morgan fingerprint density at radius 1 is 1.33 bits per heavy atom. The van der Waals surface area contributed by atoms with Crippen molar-refractivity contribution in [2.75, 3.05) is 39.1 Å². The highest BCUT2D eigenvalue weighted by Gasteiger charge is 2.25. The van der Waals surface area contributed by atoms with Gasteiger partial charge in [0, 0.05) is 26.2 Å². The molecule has 8 heteroatoms. The Kier molecular flexibility index (Phi) is 7.64. The SMILES string of the molecule is CCOc1ccc(NC(=O)CC(C)C2CCNCC2)cc1S(=O)(=O)N(C)C. The smallest absolute Gasteiger partial charge is 0.246 e. The van der Waals surface area contributed by atoms with Crippen LogP contribution < -0.4 is 15.4 Å². The third kappa shape index (κ3) is 5.67.